The van der Waals surface area contributed by atoms with E-state index in [-0.39, 0.29) is 48.3 Å². The highest BCUT2D eigenvalue weighted by Crippen LogP contribution is 2.38. The summed E-state index contributed by atoms with van der Waals surface area (Å²) in [4.78, 5) is 12.8. The van der Waals surface area contributed by atoms with Crippen molar-refractivity contribution in [1.82, 2.24) is 5.32 Å². The van der Waals surface area contributed by atoms with Crippen LogP contribution in [0.25, 0.3) is 10.8 Å². The molecule has 2 N–H and O–H groups in total. The number of nitrogens with one attached hydrogen (secondary N) is 1. The molecule has 2 unspecified atom stereocenters. The lowest BCUT2D eigenvalue weighted by molar-refractivity contribution is 0.0695. The maximum atomic E-state index is 15.0. The number of benzene rings is 4. The fraction of sp³-hybridized carbons (Fsp3) is 0.258. The van der Waals surface area contributed by atoms with Crippen molar-refractivity contribution in [2.24, 2.45) is 5.92 Å². The first kappa shape index (κ1) is 28.5. The number of hydrogen-bond donors (Lipinski definition) is 2. The van der Waals surface area contributed by atoms with Gasteiger partial charge in [0.15, 0.2) is 0 Å². The average molecular weight is 555 g/mol. The molecule has 4 aromatic carbocycles. The molecule has 39 heavy (non-hydrogen) atoms. The van der Waals surface area contributed by atoms with E-state index < -0.39 is 23.2 Å². The van der Waals surface area contributed by atoms with Crippen molar-refractivity contribution in [2.45, 2.75) is 25.3 Å². The predicted octanol–water partition coefficient (Wildman–Crippen LogP) is 7.34. The molecule has 1 heterocycles. The Morgan fingerprint density at radius 3 is 2.36 bits per heavy atom. The summed E-state index contributed by atoms with van der Waals surface area (Å²) in [6, 6.07) is 22.7. The van der Waals surface area contributed by atoms with E-state index in [0.717, 1.165) is 17.5 Å². The second-order valence-electron chi connectivity index (χ2n) is 9.91. The second-order valence-corrected chi connectivity index (χ2v) is 9.91. The quantitative estimate of drug-likeness (QED) is 0.251. The Morgan fingerprint density at radius 2 is 1.64 bits per heavy atom. The normalized spacial score (nSPS) is 18.0. The van der Waals surface area contributed by atoms with Crippen molar-refractivity contribution in [3.63, 3.8) is 0 Å². The second kappa shape index (κ2) is 12.1. The Bertz CT molecular complexity index is 1450. The maximum absolute atomic E-state index is 15.0. The number of fused-ring (bicyclic) bond motifs is 1. The molecule has 0 bridgehead atoms. The number of rotatable bonds is 7. The minimum atomic E-state index is -1.40. The molecule has 8 heteroatoms. The summed E-state index contributed by atoms with van der Waals surface area (Å²) in [5.41, 5.74) is 0.957. The fourth-order valence-corrected chi connectivity index (χ4v) is 5.63. The van der Waals surface area contributed by atoms with Crippen LogP contribution in [0.15, 0.2) is 78.9 Å². The molecule has 204 valence electrons. The molecule has 0 aliphatic carbocycles. The van der Waals surface area contributed by atoms with Crippen molar-refractivity contribution < 1.29 is 23.1 Å². The van der Waals surface area contributed by atoms with Crippen molar-refractivity contribution in [1.29, 1.82) is 0 Å². The highest BCUT2D eigenvalue weighted by atomic mass is 35.5. The molecule has 4 nitrogen and oxygen atoms in total. The number of anilines is 1. The van der Waals surface area contributed by atoms with E-state index in [0.29, 0.717) is 25.1 Å². The zero-order valence-electron chi connectivity index (χ0n) is 21.4. The van der Waals surface area contributed by atoms with Crippen LogP contribution in [0.3, 0.4) is 0 Å². The Labute approximate surface area is 231 Å². The lowest BCUT2D eigenvalue weighted by Gasteiger charge is -2.41. The molecule has 4 aromatic rings. The van der Waals surface area contributed by atoms with E-state index >= 15 is 0 Å². The lowest BCUT2D eigenvalue weighted by Crippen LogP contribution is -2.44. The maximum Gasteiger partial charge on any atom is 0.335 e. The summed E-state index contributed by atoms with van der Waals surface area (Å²) in [5.74, 6) is -3.93. The smallest absolute Gasteiger partial charge is 0.335 e. The van der Waals surface area contributed by atoms with Crippen LogP contribution < -0.4 is 10.2 Å². The van der Waals surface area contributed by atoms with E-state index in [1.165, 1.54) is 17.0 Å². The van der Waals surface area contributed by atoms with Gasteiger partial charge in [-0.25, -0.2) is 18.0 Å². The number of halogens is 4. The first-order chi connectivity index (χ1) is 18.3. The third-order valence-corrected chi connectivity index (χ3v) is 7.62. The van der Waals surface area contributed by atoms with Gasteiger partial charge in [0.1, 0.15) is 23.1 Å². The van der Waals surface area contributed by atoms with Crippen LogP contribution in [0.4, 0.5) is 18.9 Å². The van der Waals surface area contributed by atoms with Gasteiger partial charge < -0.3 is 15.3 Å². The standard InChI is InChI=1S/C31H29F3N2O2.ClH/c1-19(23-11-6-8-20-7-2-3-9-24(20)23)35-17-21-13-14-36(18-26(21)25-10-4-5-12-27(25)32)30-28(33)15-22(31(37)38)16-29(30)34;/h2-12,15-16,19,21,26,35H,13-14,17-18H2,1H3,(H,37,38);1H/t19-,21?,26?;/m1./s1. The van der Waals surface area contributed by atoms with E-state index in [2.05, 4.69) is 36.5 Å². The summed E-state index contributed by atoms with van der Waals surface area (Å²) in [6.07, 6.45) is 0.577. The average Bonchev–Trinajstić information content (AvgIpc) is 2.91. The third-order valence-electron chi connectivity index (χ3n) is 7.62. The van der Waals surface area contributed by atoms with E-state index in [1.54, 1.807) is 23.1 Å². The molecule has 3 atom stereocenters. The highest BCUT2D eigenvalue weighted by Gasteiger charge is 2.34. The number of carboxylic acids is 1. The van der Waals surface area contributed by atoms with Crippen LogP contribution in [0.5, 0.6) is 0 Å². The van der Waals surface area contributed by atoms with Crippen molar-refractivity contribution in [2.75, 3.05) is 24.5 Å². The van der Waals surface area contributed by atoms with Gasteiger partial charge in [-0.05, 0) is 65.9 Å². The molecular formula is C31H30ClF3N2O2. The lowest BCUT2D eigenvalue weighted by atomic mass is 9.80. The zero-order chi connectivity index (χ0) is 26.8. The Balaban J connectivity index is 0.00000353. The first-order valence-electron chi connectivity index (χ1n) is 12.8. The Hall–Kier alpha value is -3.55. The zero-order valence-corrected chi connectivity index (χ0v) is 22.2. The molecule has 5 rings (SSSR count). The first-order valence-corrected chi connectivity index (χ1v) is 12.8. The van der Waals surface area contributed by atoms with E-state index in [4.69, 9.17) is 5.11 Å². The summed E-state index contributed by atoms with van der Waals surface area (Å²) < 4.78 is 44.8. The Kier molecular flexibility index (Phi) is 8.83. The van der Waals surface area contributed by atoms with Gasteiger partial charge in [-0.15, -0.1) is 12.4 Å². The number of piperidine rings is 1. The number of aromatic carboxylic acids is 1. The van der Waals surface area contributed by atoms with Gasteiger partial charge in [0, 0.05) is 25.0 Å². The minimum Gasteiger partial charge on any atom is -0.478 e. The number of hydrogen-bond acceptors (Lipinski definition) is 3. The van der Waals surface area contributed by atoms with Crippen molar-refractivity contribution in [3.05, 3.63) is 113 Å². The summed E-state index contributed by atoms with van der Waals surface area (Å²) in [7, 11) is 0. The number of nitrogens with zero attached hydrogens (tertiary/aromatic N) is 1. The molecule has 0 saturated carbocycles. The fourth-order valence-electron chi connectivity index (χ4n) is 5.63. The van der Waals surface area contributed by atoms with Gasteiger partial charge in [-0.1, -0.05) is 60.7 Å². The van der Waals surface area contributed by atoms with E-state index in [1.807, 2.05) is 18.2 Å². The van der Waals surface area contributed by atoms with Crippen molar-refractivity contribution in [3.8, 4) is 0 Å². The van der Waals surface area contributed by atoms with Crippen LogP contribution in [-0.4, -0.2) is 30.7 Å². The van der Waals surface area contributed by atoms with Crippen LogP contribution in [0.2, 0.25) is 0 Å². The molecule has 1 aliphatic heterocycles. The molecule has 0 spiro atoms. The van der Waals surface area contributed by atoms with Crippen LogP contribution in [-0.2, 0) is 0 Å². The highest BCUT2D eigenvalue weighted by molar-refractivity contribution is 5.88. The van der Waals surface area contributed by atoms with Gasteiger partial charge in [-0.3, -0.25) is 0 Å². The molecule has 0 amide bonds. The molecule has 0 radical (unpaired) electrons. The summed E-state index contributed by atoms with van der Waals surface area (Å²) >= 11 is 0. The SMILES string of the molecule is C[C@@H](NCC1CCN(c2c(F)cc(C(=O)O)cc2F)CC1c1ccccc1F)c1cccc2ccccc12.Cl. The molecule has 0 aromatic heterocycles. The largest absolute Gasteiger partial charge is 0.478 e. The van der Waals surface area contributed by atoms with Gasteiger partial charge >= 0.3 is 5.97 Å². The van der Waals surface area contributed by atoms with Crippen molar-refractivity contribution >= 4 is 34.8 Å². The topological polar surface area (TPSA) is 52.6 Å². The van der Waals surface area contributed by atoms with Crippen LogP contribution >= 0.6 is 12.4 Å². The number of carbonyl (C=O) groups is 1. The number of carboxylic acid groups (broad SMARTS) is 1. The molecule has 1 fully saturated rings. The summed E-state index contributed by atoms with van der Waals surface area (Å²) in [6.45, 7) is 3.26. The van der Waals surface area contributed by atoms with Gasteiger partial charge in [-0.2, -0.15) is 0 Å². The van der Waals surface area contributed by atoms with Crippen LogP contribution in [0.1, 0.15) is 46.8 Å². The van der Waals surface area contributed by atoms with Gasteiger partial charge in [0.25, 0.3) is 0 Å². The van der Waals surface area contributed by atoms with E-state index in [9.17, 15) is 18.0 Å². The van der Waals surface area contributed by atoms with Gasteiger partial charge in [0.2, 0.25) is 0 Å². The van der Waals surface area contributed by atoms with Gasteiger partial charge in [0.05, 0.1) is 5.56 Å². The minimum absolute atomic E-state index is 0. The molecular weight excluding hydrogens is 525 g/mol. The molecule has 1 saturated heterocycles. The Morgan fingerprint density at radius 1 is 0.974 bits per heavy atom. The monoisotopic (exact) mass is 554 g/mol. The third kappa shape index (κ3) is 5.89. The summed E-state index contributed by atoms with van der Waals surface area (Å²) in [5, 5.41) is 15.1. The van der Waals surface area contributed by atoms with Crippen LogP contribution in [0, 0.1) is 23.4 Å². The predicted molar refractivity (Wildman–Crippen MR) is 150 cm³/mol. The molecule has 1 aliphatic rings.